The van der Waals surface area contributed by atoms with Gasteiger partial charge in [-0.25, -0.2) is 10.4 Å². The summed E-state index contributed by atoms with van der Waals surface area (Å²) < 4.78 is 12.7. The van der Waals surface area contributed by atoms with Crippen LogP contribution in [0.5, 0.6) is 11.5 Å². The average molecular weight is 495 g/mol. The van der Waals surface area contributed by atoms with E-state index in [1.54, 1.807) is 32.4 Å². The molecule has 0 aliphatic carbocycles. The molecule has 0 saturated carbocycles. The molecule has 4 aromatic rings. The fraction of sp³-hybridized carbons (Fsp3) is 0.160. The van der Waals surface area contributed by atoms with E-state index in [1.165, 1.54) is 18.0 Å². The van der Waals surface area contributed by atoms with Gasteiger partial charge in [0, 0.05) is 10.6 Å². The van der Waals surface area contributed by atoms with Gasteiger partial charge in [0.15, 0.2) is 5.16 Å². The maximum Gasteiger partial charge on any atom is 0.250 e. The summed E-state index contributed by atoms with van der Waals surface area (Å²) in [6, 6.07) is 21.0. The standard InChI is InChI=1S/C25H23ClN4O3S/c1-32-20-11-12-23(33-2)18(13-20)14-27-29-24(31)16-34-25-28-21-5-3-4-6-22(21)30(25)15-17-7-9-19(26)10-8-17/h3-14H,15-16H2,1-2H3,(H,29,31). The highest BCUT2D eigenvalue weighted by molar-refractivity contribution is 7.99. The maximum atomic E-state index is 12.5. The summed E-state index contributed by atoms with van der Waals surface area (Å²) in [5.41, 5.74) is 6.23. The predicted octanol–water partition coefficient (Wildman–Crippen LogP) is 5.00. The van der Waals surface area contributed by atoms with E-state index in [9.17, 15) is 4.79 Å². The molecular weight excluding hydrogens is 472 g/mol. The van der Waals surface area contributed by atoms with Crippen molar-refractivity contribution < 1.29 is 14.3 Å². The number of fused-ring (bicyclic) bond motifs is 1. The van der Waals surface area contributed by atoms with Gasteiger partial charge in [0.05, 0.1) is 43.8 Å². The van der Waals surface area contributed by atoms with Crippen LogP contribution in [0, 0.1) is 0 Å². The van der Waals surface area contributed by atoms with Gasteiger partial charge in [-0.3, -0.25) is 4.79 Å². The smallest absolute Gasteiger partial charge is 0.250 e. The number of amides is 1. The molecule has 0 aliphatic heterocycles. The number of ether oxygens (including phenoxy) is 2. The number of carbonyl (C=O) groups excluding carboxylic acids is 1. The van der Waals surface area contributed by atoms with Crippen molar-refractivity contribution in [2.45, 2.75) is 11.7 Å². The van der Waals surface area contributed by atoms with Crippen LogP contribution in [0.1, 0.15) is 11.1 Å². The fourth-order valence-electron chi connectivity index (χ4n) is 3.37. The van der Waals surface area contributed by atoms with Gasteiger partial charge in [-0.1, -0.05) is 47.6 Å². The van der Waals surface area contributed by atoms with Crippen LogP contribution >= 0.6 is 23.4 Å². The lowest BCUT2D eigenvalue weighted by atomic mass is 10.2. The molecule has 7 nitrogen and oxygen atoms in total. The zero-order chi connectivity index (χ0) is 23.9. The molecule has 174 valence electrons. The highest BCUT2D eigenvalue weighted by atomic mass is 35.5. The molecule has 1 aromatic heterocycles. The number of hydrogen-bond acceptors (Lipinski definition) is 6. The quantitative estimate of drug-likeness (QED) is 0.201. The molecule has 0 fully saturated rings. The maximum absolute atomic E-state index is 12.5. The average Bonchev–Trinajstić information content (AvgIpc) is 3.21. The van der Waals surface area contributed by atoms with Crippen molar-refractivity contribution in [3.8, 4) is 11.5 Å². The van der Waals surface area contributed by atoms with Crippen molar-refractivity contribution in [1.82, 2.24) is 15.0 Å². The van der Waals surface area contributed by atoms with Crippen molar-refractivity contribution in [1.29, 1.82) is 0 Å². The summed E-state index contributed by atoms with van der Waals surface area (Å²) in [5, 5.41) is 5.51. The number of nitrogens with zero attached hydrogens (tertiary/aromatic N) is 3. The van der Waals surface area contributed by atoms with Crippen LogP contribution < -0.4 is 14.9 Å². The Hall–Kier alpha value is -3.49. The predicted molar refractivity (Wildman–Crippen MR) is 136 cm³/mol. The Morgan fingerprint density at radius 2 is 1.91 bits per heavy atom. The molecule has 0 spiro atoms. The second-order valence-corrected chi connectivity index (χ2v) is 8.66. The number of imidazole rings is 1. The highest BCUT2D eigenvalue weighted by Crippen LogP contribution is 2.26. The Balaban J connectivity index is 1.44. The minimum atomic E-state index is -0.242. The van der Waals surface area contributed by atoms with Gasteiger partial charge >= 0.3 is 0 Å². The fourth-order valence-corrected chi connectivity index (χ4v) is 4.30. The van der Waals surface area contributed by atoms with Gasteiger partial charge in [0.25, 0.3) is 5.91 Å². The van der Waals surface area contributed by atoms with Crippen LogP contribution in [0.15, 0.2) is 77.0 Å². The topological polar surface area (TPSA) is 77.7 Å². The molecule has 0 atom stereocenters. The minimum Gasteiger partial charge on any atom is -0.497 e. The first-order chi connectivity index (χ1) is 16.6. The minimum absolute atomic E-state index is 0.163. The molecule has 1 heterocycles. The molecule has 9 heteroatoms. The van der Waals surface area contributed by atoms with Gasteiger partial charge in [-0.2, -0.15) is 5.10 Å². The van der Waals surface area contributed by atoms with Gasteiger partial charge in [-0.05, 0) is 48.0 Å². The van der Waals surface area contributed by atoms with Crippen LogP contribution in [0.4, 0.5) is 0 Å². The van der Waals surface area contributed by atoms with E-state index >= 15 is 0 Å². The first-order valence-corrected chi connectivity index (χ1v) is 11.8. The van der Waals surface area contributed by atoms with Crippen molar-refractivity contribution in [3.63, 3.8) is 0 Å². The first kappa shape index (κ1) is 23.7. The number of carbonyl (C=O) groups is 1. The number of thioether (sulfide) groups is 1. The van der Waals surface area contributed by atoms with Crippen LogP contribution in [0.2, 0.25) is 5.02 Å². The molecule has 1 amide bonds. The summed E-state index contributed by atoms with van der Waals surface area (Å²) in [4.78, 5) is 17.2. The van der Waals surface area contributed by atoms with E-state index < -0.39 is 0 Å². The lowest BCUT2D eigenvalue weighted by Crippen LogP contribution is -2.20. The monoisotopic (exact) mass is 494 g/mol. The van der Waals surface area contributed by atoms with Gasteiger partial charge < -0.3 is 14.0 Å². The third-order valence-corrected chi connectivity index (χ3v) is 6.26. The second-order valence-electron chi connectivity index (χ2n) is 7.29. The summed E-state index contributed by atoms with van der Waals surface area (Å²) >= 11 is 7.38. The molecule has 1 N–H and O–H groups in total. The van der Waals surface area contributed by atoms with E-state index in [1.807, 2.05) is 48.5 Å². The first-order valence-electron chi connectivity index (χ1n) is 10.4. The summed E-state index contributed by atoms with van der Waals surface area (Å²) in [6.45, 7) is 0.620. The van der Waals surface area contributed by atoms with Gasteiger partial charge in [0.2, 0.25) is 0 Å². The summed E-state index contributed by atoms with van der Waals surface area (Å²) in [5.74, 6) is 1.22. The van der Waals surface area contributed by atoms with E-state index in [4.69, 9.17) is 26.1 Å². The largest absolute Gasteiger partial charge is 0.497 e. The SMILES string of the molecule is COc1ccc(OC)c(C=NNC(=O)CSc2nc3ccccc3n2Cc2ccc(Cl)cc2)c1. The molecule has 4 rings (SSSR count). The zero-order valence-corrected chi connectivity index (χ0v) is 20.3. The number of halogens is 1. The van der Waals surface area contributed by atoms with Crippen molar-refractivity contribution in [2.75, 3.05) is 20.0 Å². The third-order valence-electron chi connectivity index (χ3n) is 5.04. The Kier molecular flexibility index (Phi) is 7.72. The molecule has 0 saturated heterocycles. The molecule has 0 bridgehead atoms. The highest BCUT2D eigenvalue weighted by Gasteiger charge is 2.13. The number of hydrogen-bond donors (Lipinski definition) is 1. The van der Waals surface area contributed by atoms with E-state index in [0.717, 1.165) is 21.8 Å². The Morgan fingerprint density at radius 1 is 1.12 bits per heavy atom. The number of para-hydroxylation sites is 2. The Bertz CT molecular complexity index is 1320. The number of rotatable bonds is 9. The van der Waals surface area contributed by atoms with Crippen molar-refractivity contribution in [3.05, 3.63) is 82.9 Å². The molecular formula is C25H23ClN4O3S. The number of benzene rings is 3. The number of aromatic nitrogens is 2. The number of nitrogens with one attached hydrogen (secondary N) is 1. The van der Waals surface area contributed by atoms with Gasteiger partial charge in [-0.15, -0.1) is 0 Å². The number of hydrazone groups is 1. The second kappa shape index (κ2) is 11.1. The van der Waals surface area contributed by atoms with Crippen LogP contribution in [0.25, 0.3) is 11.0 Å². The van der Waals surface area contributed by atoms with Gasteiger partial charge in [0.1, 0.15) is 11.5 Å². The third kappa shape index (κ3) is 5.70. The lowest BCUT2D eigenvalue weighted by Gasteiger charge is -2.09. The summed E-state index contributed by atoms with van der Waals surface area (Å²) in [7, 11) is 3.16. The van der Waals surface area contributed by atoms with E-state index in [0.29, 0.717) is 28.6 Å². The van der Waals surface area contributed by atoms with E-state index in [2.05, 4.69) is 15.1 Å². The molecule has 0 unspecified atom stereocenters. The molecule has 34 heavy (non-hydrogen) atoms. The molecule has 0 radical (unpaired) electrons. The normalized spacial score (nSPS) is 11.1. The van der Waals surface area contributed by atoms with E-state index in [-0.39, 0.29) is 11.7 Å². The van der Waals surface area contributed by atoms with Crippen LogP contribution in [-0.2, 0) is 11.3 Å². The van der Waals surface area contributed by atoms with Crippen molar-refractivity contribution in [2.24, 2.45) is 5.10 Å². The van der Waals surface area contributed by atoms with Crippen LogP contribution in [-0.4, -0.2) is 41.6 Å². The molecule has 3 aromatic carbocycles. The van der Waals surface area contributed by atoms with Crippen LogP contribution in [0.3, 0.4) is 0 Å². The molecule has 0 aliphatic rings. The lowest BCUT2D eigenvalue weighted by molar-refractivity contribution is -0.118. The Labute approximate surface area is 206 Å². The summed E-state index contributed by atoms with van der Waals surface area (Å²) in [6.07, 6.45) is 1.53. The zero-order valence-electron chi connectivity index (χ0n) is 18.7. The number of methoxy groups -OCH3 is 2. The Morgan fingerprint density at radius 3 is 2.68 bits per heavy atom. The van der Waals surface area contributed by atoms with Crippen molar-refractivity contribution >= 4 is 46.5 Å².